The number of hydrogen-bond donors (Lipinski definition) is 3. The van der Waals surface area contributed by atoms with Crippen LogP contribution in [0.3, 0.4) is 0 Å². The van der Waals surface area contributed by atoms with E-state index in [2.05, 4.69) is 12.2 Å². The fraction of sp³-hybridized carbons (Fsp3) is 0.526. The lowest BCUT2D eigenvalue weighted by Crippen LogP contribution is -2.49. The van der Waals surface area contributed by atoms with Gasteiger partial charge in [0.15, 0.2) is 0 Å². The van der Waals surface area contributed by atoms with Crippen LogP contribution >= 0.6 is 0 Å². The molecule has 1 aromatic rings. The van der Waals surface area contributed by atoms with Gasteiger partial charge in [0.05, 0.1) is 11.3 Å². The van der Waals surface area contributed by atoms with Crippen LogP contribution in [0.1, 0.15) is 37.0 Å². The molecular formula is C19H24FN3O3. The van der Waals surface area contributed by atoms with E-state index in [9.17, 15) is 15.0 Å². The van der Waals surface area contributed by atoms with E-state index in [0.717, 1.165) is 25.1 Å². The van der Waals surface area contributed by atoms with Crippen LogP contribution in [0, 0.1) is 12.7 Å². The van der Waals surface area contributed by atoms with E-state index in [1.54, 1.807) is 13.0 Å². The Morgan fingerprint density at radius 2 is 2.08 bits per heavy atom. The van der Waals surface area contributed by atoms with Gasteiger partial charge >= 0.3 is 5.97 Å². The Kier molecular flexibility index (Phi) is 4.16. The lowest BCUT2D eigenvalue weighted by atomic mass is 9.91. The predicted molar refractivity (Wildman–Crippen MR) is 97.0 cm³/mol. The average Bonchev–Trinajstić information content (AvgIpc) is 3.42. The number of carbonyl (C=O) groups is 1. The Labute approximate surface area is 151 Å². The van der Waals surface area contributed by atoms with Crippen LogP contribution in [0.4, 0.5) is 15.8 Å². The molecule has 2 aliphatic heterocycles. The molecule has 2 heterocycles. The Hall–Kier alpha value is -2.12. The first kappa shape index (κ1) is 17.3. The van der Waals surface area contributed by atoms with Gasteiger partial charge in [-0.15, -0.1) is 0 Å². The highest BCUT2D eigenvalue weighted by Gasteiger charge is 2.39. The Morgan fingerprint density at radius 1 is 1.35 bits per heavy atom. The van der Waals surface area contributed by atoms with Crippen LogP contribution in [-0.4, -0.2) is 47.9 Å². The van der Waals surface area contributed by atoms with Gasteiger partial charge in [-0.2, -0.15) is 0 Å². The summed E-state index contributed by atoms with van der Waals surface area (Å²) in [6.07, 6.45) is 2.14. The normalized spacial score (nSPS) is 25.8. The average molecular weight is 361 g/mol. The van der Waals surface area contributed by atoms with Gasteiger partial charge in [0.25, 0.3) is 0 Å². The molecule has 1 saturated heterocycles. The summed E-state index contributed by atoms with van der Waals surface area (Å²) < 4.78 is 15.2. The van der Waals surface area contributed by atoms with Crippen LogP contribution in [0.25, 0.3) is 0 Å². The van der Waals surface area contributed by atoms with Crippen molar-refractivity contribution in [2.45, 2.75) is 44.9 Å². The van der Waals surface area contributed by atoms with E-state index in [4.69, 9.17) is 0 Å². The molecule has 0 radical (unpaired) electrons. The zero-order chi connectivity index (χ0) is 18.6. The summed E-state index contributed by atoms with van der Waals surface area (Å²) >= 11 is 0. The van der Waals surface area contributed by atoms with Gasteiger partial charge in [0.2, 0.25) is 0 Å². The number of carboxylic acids is 1. The number of nitrogens with one attached hydrogen (secondary N) is 1. The number of benzene rings is 1. The van der Waals surface area contributed by atoms with Gasteiger partial charge in [-0.3, -0.25) is 0 Å². The van der Waals surface area contributed by atoms with Gasteiger partial charge in [-0.1, -0.05) is 0 Å². The quantitative estimate of drug-likeness (QED) is 0.764. The maximum absolute atomic E-state index is 15.2. The first-order chi connectivity index (χ1) is 12.4. The summed E-state index contributed by atoms with van der Waals surface area (Å²) in [7, 11) is 0. The number of halogens is 1. The molecule has 0 amide bonds. The summed E-state index contributed by atoms with van der Waals surface area (Å²) in [5.41, 5.74) is 1.86. The third-order valence-corrected chi connectivity index (χ3v) is 5.53. The highest BCUT2D eigenvalue weighted by Crippen LogP contribution is 2.46. The molecule has 7 heteroatoms. The zero-order valence-electron chi connectivity index (χ0n) is 15.0. The van der Waals surface area contributed by atoms with E-state index in [-0.39, 0.29) is 23.5 Å². The van der Waals surface area contributed by atoms with Crippen molar-refractivity contribution in [3.63, 3.8) is 0 Å². The Bertz CT molecular complexity index is 791. The molecule has 0 spiro atoms. The van der Waals surface area contributed by atoms with Crippen molar-refractivity contribution in [3.05, 3.63) is 34.8 Å². The predicted octanol–water partition coefficient (Wildman–Crippen LogP) is 1.92. The molecule has 0 bridgehead atoms. The number of piperazine rings is 1. The summed E-state index contributed by atoms with van der Waals surface area (Å²) in [6, 6.07) is 2.27. The van der Waals surface area contributed by atoms with Crippen molar-refractivity contribution in [1.82, 2.24) is 5.32 Å². The van der Waals surface area contributed by atoms with E-state index < -0.39 is 12.1 Å². The van der Waals surface area contributed by atoms with Crippen molar-refractivity contribution in [2.24, 2.45) is 0 Å². The van der Waals surface area contributed by atoms with Gasteiger partial charge in [-0.25, -0.2) is 9.18 Å². The number of fused-ring (bicyclic) bond motifs is 1. The number of nitrogens with zero attached hydrogens (tertiary/aromatic N) is 2. The van der Waals surface area contributed by atoms with E-state index in [1.807, 2.05) is 9.80 Å². The number of rotatable bonds is 3. The summed E-state index contributed by atoms with van der Waals surface area (Å²) in [6.45, 7) is 5.90. The molecule has 1 aromatic carbocycles. The second kappa shape index (κ2) is 6.25. The van der Waals surface area contributed by atoms with Crippen LogP contribution in [0.2, 0.25) is 0 Å². The first-order valence-electron chi connectivity index (χ1n) is 9.11. The van der Waals surface area contributed by atoms with Crippen LogP contribution in [0.5, 0.6) is 0 Å². The molecule has 140 valence electrons. The highest BCUT2D eigenvalue weighted by molar-refractivity contribution is 5.91. The van der Waals surface area contributed by atoms with Crippen LogP contribution in [0.15, 0.2) is 17.8 Å². The number of aliphatic hydroxyl groups excluding tert-OH is 1. The maximum Gasteiger partial charge on any atom is 0.336 e. The second-order valence-corrected chi connectivity index (χ2v) is 7.50. The molecule has 2 unspecified atom stereocenters. The maximum atomic E-state index is 15.2. The number of hydrogen-bond acceptors (Lipinski definition) is 5. The third-order valence-electron chi connectivity index (χ3n) is 5.53. The summed E-state index contributed by atoms with van der Waals surface area (Å²) in [4.78, 5) is 15.5. The number of aliphatic hydroxyl groups is 1. The smallest absolute Gasteiger partial charge is 0.336 e. The molecule has 3 N–H and O–H groups in total. The van der Waals surface area contributed by atoms with E-state index in [0.29, 0.717) is 29.9 Å². The molecule has 6 nitrogen and oxygen atoms in total. The second-order valence-electron chi connectivity index (χ2n) is 7.50. The van der Waals surface area contributed by atoms with Gasteiger partial charge in [0.1, 0.15) is 11.9 Å². The molecular weight excluding hydrogens is 337 g/mol. The minimum absolute atomic E-state index is 0.101. The monoisotopic (exact) mass is 361 g/mol. The Morgan fingerprint density at radius 3 is 2.69 bits per heavy atom. The van der Waals surface area contributed by atoms with Crippen molar-refractivity contribution in [3.8, 4) is 0 Å². The van der Waals surface area contributed by atoms with Crippen molar-refractivity contribution in [2.75, 3.05) is 29.4 Å². The molecule has 26 heavy (non-hydrogen) atoms. The SMILES string of the molecule is Cc1c(F)c(N2CCNC(C)C2)cc2c1C(O)C(C(=O)O)=CN2C1CC1. The molecule has 2 fully saturated rings. The molecule has 0 aromatic heterocycles. The van der Waals surface area contributed by atoms with Crippen LogP contribution in [-0.2, 0) is 4.79 Å². The number of carboxylic acid groups (broad SMARTS) is 1. The third kappa shape index (κ3) is 2.75. The van der Waals surface area contributed by atoms with Gasteiger partial charge in [-0.05, 0) is 38.3 Å². The summed E-state index contributed by atoms with van der Waals surface area (Å²) in [5, 5.41) is 23.4. The molecule has 1 saturated carbocycles. The standard InChI is InChI=1S/C19H24FN3O3/c1-10-8-22(6-5-21-10)15-7-14-16(11(2)17(15)20)18(24)13(19(25)26)9-23(14)12-3-4-12/h7,9-10,12,18,21,24H,3-6,8H2,1-2H3,(H,25,26). The summed E-state index contributed by atoms with van der Waals surface area (Å²) in [5.74, 6) is -1.55. The van der Waals surface area contributed by atoms with Crippen LogP contribution < -0.4 is 15.1 Å². The largest absolute Gasteiger partial charge is 0.478 e. The van der Waals surface area contributed by atoms with Crippen molar-refractivity contribution >= 4 is 17.3 Å². The molecule has 4 rings (SSSR count). The van der Waals surface area contributed by atoms with E-state index >= 15 is 4.39 Å². The number of anilines is 2. The minimum Gasteiger partial charge on any atom is -0.478 e. The topological polar surface area (TPSA) is 76.0 Å². The minimum atomic E-state index is -1.32. The fourth-order valence-corrected chi connectivity index (χ4v) is 3.99. The highest BCUT2D eigenvalue weighted by atomic mass is 19.1. The molecule has 3 aliphatic rings. The molecule has 2 atom stereocenters. The molecule has 1 aliphatic carbocycles. The van der Waals surface area contributed by atoms with Gasteiger partial charge < -0.3 is 25.3 Å². The first-order valence-corrected chi connectivity index (χ1v) is 9.11. The number of aliphatic carboxylic acids is 1. The lowest BCUT2D eigenvalue weighted by molar-refractivity contribution is -0.133. The van der Waals surface area contributed by atoms with E-state index in [1.165, 1.54) is 6.20 Å². The fourth-order valence-electron chi connectivity index (χ4n) is 3.99. The van der Waals surface area contributed by atoms with Crippen molar-refractivity contribution < 1.29 is 19.4 Å². The van der Waals surface area contributed by atoms with Gasteiger partial charge in [0, 0.05) is 49.2 Å². The Balaban J connectivity index is 1.84. The lowest BCUT2D eigenvalue weighted by Gasteiger charge is -2.37. The zero-order valence-corrected chi connectivity index (χ0v) is 15.0. The van der Waals surface area contributed by atoms with Crippen molar-refractivity contribution in [1.29, 1.82) is 0 Å².